The second kappa shape index (κ2) is 6.24. The molecule has 9 heteroatoms. The lowest BCUT2D eigenvalue weighted by Gasteiger charge is -2.12. The quantitative estimate of drug-likeness (QED) is 0.744. The minimum Gasteiger partial charge on any atom is -0.309 e. The van der Waals surface area contributed by atoms with E-state index in [1.807, 2.05) is 46.3 Å². The molecule has 0 saturated carbocycles. The summed E-state index contributed by atoms with van der Waals surface area (Å²) in [5.41, 5.74) is 4.56. The summed E-state index contributed by atoms with van der Waals surface area (Å²) in [5.74, 6) is 1.40. The molecule has 1 aliphatic rings. The normalized spacial score (nSPS) is 16.9. The molecule has 0 fully saturated rings. The molecular formula is C17H19N7OS. The van der Waals surface area contributed by atoms with Gasteiger partial charge in [-0.3, -0.25) is 9.48 Å². The maximum Gasteiger partial charge on any atom is 0.252 e. The smallest absolute Gasteiger partial charge is 0.252 e. The average molecular weight is 369 g/mol. The predicted octanol–water partition coefficient (Wildman–Crippen LogP) is 2.10. The zero-order valence-electron chi connectivity index (χ0n) is 15.0. The molecule has 4 heterocycles. The van der Waals surface area contributed by atoms with Crippen LogP contribution in [-0.2, 0) is 11.8 Å². The maximum atomic E-state index is 12.3. The van der Waals surface area contributed by atoms with Gasteiger partial charge in [0.05, 0.1) is 22.9 Å². The van der Waals surface area contributed by atoms with Gasteiger partial charge in [-0.15, -0.1) is 11.8 Å². The Morgan fingerprint density at radius 3 is 2.62 bits per heavy atom. The van der Waals surface area contributed by atoms with Crippen molar-refractivity contribution in [3.05, 3.63) is 46.7 Å². The van der Waals surface area contributed by atoms with E-state index in [2.05, 4.69) is 25.5 Å². The molecule has 0 saturated heterocycles. The minimum absolute atomic E-state index is 0.0303. The zero-order valence-corrected chi connectivity index (χ0v) is 15.8. The van der Waals surface area contributed by atoms with Crippen LogP contribution in [0.2, 0.25) is 0 Å². The summed E-state index contributed by atoms with van der Waals surface area (Å²) < 4.78 is 3.40. The fourth-order valence-corrected chi connectivity index (χ4v) is 4.32. The van der Waals surface area contributed by atoms with Crippen LogP contribution in [0, 0.1) is 20.8 Å². The van der Waals surface area contributed by atoms with Crippen molar-refractivity contribution in [3.8, 4) is 5.95 Å². The number of anilines is 1. The average Bonchev–Trinajstić information content (AvgIpc) is 3.07. The summed E-state index contributed by atoms with van der Waals surface area (Å²) in [5, 5.41) is 11.9. The van der Waals surface area contributed by atoms with Gasteiger partial charge in [-0.2, -0.15) is 14.9 Å². The second-order valence-electron chi connectivity index (χ2n) is 6.40. The van der Waals surface area contributed by atoms with Crippen molar-refractivity contribution in [3.63, 3.8) is 0 Å². The van der Waals surface area contributed by atoms with E-state index in [1.165, 1.54) is 0 Å². The van der Waals surface area contributed by atoms with E-state index >= 15 is 0 Å². The largest absolute Gasteiger partial charge is 0.309 e. The lowest BCUT2D eigenvalue weighted by Crippen LogP contribution is -2.17. The van der Waals surface area contributed by atoms with Crippen LogP contribution < -0.4 is 5.32 Å². The van der Waals surface area contributed by atoms with Crippen LogP contribution in [0.15, 0.2) is 18.5 Å². The number of rotatable bonds is 2. The van der Waals surface area contributed by atoms with Gasteiger partial charge in [0.2, 0.25) is 5.91 Å². The van der Waals surface area contributed by atoms with Crippen molar-refractivity contribution in [2.24, 2.45) is 7.05 Å². The monoisotopic (exact) mass is 369 g/mol. The Balaban J connectivity index is 1.91. The van der Waals surface area contributed by atoms with E-state index in [0.29, 0.717) is 17.5 Å². The van der Waals surface area contributed by atoms with Gasteiger partial charge in [-0.25, -0.2) is 9.97 Å². The zero-order chi connectivity index (χ0) is 18.4. The molecule has 134 valence electrons. The maximum absolute atomic E-state index is 12.3. The lowest BCUT2D eigenvalue weighted by molar-refractivity contribution is -0.113. The molecule has 3 aromatic heterocycles. The number of hydrogen-bond acceptors (Lipinski definition) is 6. The SMILES string of the molecule is Cc1cc(C)nc(-n2nc(C)c3c2NC(=O)CS[C@H]3c2cnn(C)c2)n1. The van der Waals surface area contributed by atoms with Gasteiger partial charge < -0.3 is 5.32 Å². The highest BCUT2D eigenvalue weighted by Gasteiger charge is 2.31. The molecule has 26 heavy (non-hydrogen) atoms. The Bertz CT molecular complexity index is 986. The number of hydrogen-bond donors (Lipinski definition) is 1. The van der Waals surface area contributed by atoms with Gasteiger partial charge in [0.1, 0.15) is 5.82 Å². The molecule has 0 radical (unpaired) electrons. The first-order valence-corrected chi connectivity index (χ1v) is 9.29. The number of amides is 1. The van der Waals surface area contributed by atoms with E-state index in [4.69, 9.17) is 0 Å². The first kappa shape index (κ1) is 16.8. The fourth-order valence-electron chi connectivity index (χ4n) is 3.17. The van der Waals surface area contributed by atoms with E-state index in [1.54, 1.807) is 21.1 Å². The standard InChI is InChI=1S/C17H19N7OS/c1-9-5-10(2)20-17(19-9)24-16-14(11(3)22-24)15(26-8-13(25)21-16)12-6-18-23(4)7-12/h5-7,15H,8H2,1-4H3,(H,21,25)/t15-/m0/s1. The second-order valence-corrected chi connectivity index (χ2v) is 7.49. The van der Waals surface area contributed by atoms with Gasteiger partial charge in [-0.1, -0.05) is 0 Å². The van der Waals surface area contributed by atoms with Crippen molar-refractivity contribution >= 4 is 23.5 Å². The molecular weight excluding hydrogens is 350 g/mol. The van der Waals surface area contributed by atoms with Crippen molar-refractivity contribution in [1.82, 2.24) is 29.5 Å². The summed E-state index contributed by atoms with van der Waals surface area (Å²) in [6.07, 6.45) is 3.81. The predicted molar refractivity (Wildman–Crippen MR) is 99.5 cm³/mol. The fraction of sp³-hybridized carbons (Fsp3) is 0.353. The third-order valence-corrected chi connectivity index (χ3v) is 5.47. The number of fused-ring (bicyclic) bond motifs is 1. The number of aromatic nitrogens is 6. The molecule has 0 aromatic carbocycles. The van der Waals surface area contributed by atoms with Crippen LogP contribution in [0.5, 0.6) is 0 Å². The highest BCUT2D eigenvalue weighted by molar-refractivity contribution is 8.00. The van der Waals surface area contributed by atoms with Crippen LogP contribution in [-0.4, -0.2) is 41.2 Å². The van der Waals surface area contributed by atoms with E-state index in [9.17, 15) is 4.79 Å². The van der Waals surface area contributed by atoms with E-state index in [0.717, 1.165) is 28.2 Å². The van der Waals surface area contributed by atoms with Gasteiger partial charge in [0.25, 0.3) is 5.95 Å². The Kier molecular flexibility index (Phi) is 4.03. The van der Waals surface area contributed by atoms with Crippen LogP contribution in [0.25, 0.3) is 5.95 Å². The Hall–Kier alpha value is -2.68. The molecule has 0 aliphatic carbocycles. The van der Waals surface area contributed by atoms with Crippen LogP contribution in [0.4, 0.5) is 5.82 Å². The van der Waals surface area contributed by atoms with Gasteiger partial charge >= 0.3 is 0 Å². The van der Waals surface area contributed by atoms with Crippen molar-refractivity contribution in [2.75, 3.05) is 11.1 Å². The Labute approximate surface area is 155 Å². The Morgan fingerprint density at radius 2 is 1.96 bits per heavy atom. The molecule has 1 amide bonds. The van der Waals surface area contributed by atoms with E-state index in [-0.39, 0.29) is 11.2 Å². The third kappa shape index (κ3) is 2.88. The number of thioether (sulfide) groups is 1. The molecule has 1 aliphatic heterocycles. The van der Waals surface area contributed by atoms with Gasteiger partial charge in [-0.05, 0) is 26.8 Å². The molecule has 8 nitrogen and oxygen atoms in total. The molecule has 3 aromatic rings. The molecule has 0 spiro atoms. The first-order valence-electron chi connectivity index (χ1n) is 8.24. The number of carbonyl (C=O) groups excluding carboxylic acids is 1. The molecule has 4 rings (SSSR count). The van der Waals surface area contributed by atoms with Crippen LogP contribution in [0.1, 0.15) is 33.5 Å². The van der Waals surface area contributed by atoms with Gasteiger partial charge in [0.15, 0.2) is 0 Å². The minimum atomic E-state index is -0.0619. The summed E-state index contributed by atoms with van der Waals surface area (Å²) in [6, 6.07) is 1.91. The van der Waals surface area contributed by atoms with Crippen molar-refractivity contribution < 1.29 is 4.79 Å². The number of nitrogens with one attached hydrogen (secondary N) is 1. The molecule has 0 bridgehead atoms. The molecule has 0 unspecified atom stereocenters. The van der Waals surface area contributed by atoms with Gasteiger partial charge in [0, 0.05) is 35.8 Å². The van der Waals surface area contributed by atoms with Crippen LogP contribution >= 0.6 is 11.8 Å². The van der Waals surface area contributed by atoms with E-state index < -0.39 is 0 Å². The summed E-state index contributed by atoms with van der Waals surface area (Å²) in [4.78, 5) is 21.3. The highest BCUT2D eigenvalue weighted by atomic mass is 32.2. The third-order valence-electron chi connectivity index (χ3n) is 4.20. The highest BCUT2D eigenvalue weighted by Crippen LogP contribution is 2.43. The first-order chi connectivity index (χ1) is 12.4. The summed E-state index contributed by atoms with van der Waals surface area (Å²) >= 11 is 1.57. The van der Waals surface area contributed by atoms with Crippen molar-refractivity contribution in [2.45, 2.75) is 26.0 Å². The summed E-state index contributed by atoms with van der Waals surface area (Å²) in [6.45, 7) is 5.78. The molecule has 1 atom stereocenters. The summed E-state index contributed by atoms with van der Waals surface area (Å²) in [7, 11) is 1.88. The molecule has 1 N–H and O–H groups in total. The number of carbonyl (C=O) groups is 1. The number of nitrogens with zero attached hydrogens (tertiary/aromatic N) is 6. The Morgan fingerprint density at radius 1 is 1.23 bits per heavy atom. The topological polar surface area (TPSA) is 90.5 Å². The lowest BCUT2D eigenvalue weighted by atomic mass is 10.1. The number of aryl methyl sites for hydroxylation is 4. The van der Waals surface area contributed by atoms with Crippen LogP contribution in [0.3, 0.4) is 0 Å². The van der Waals surface area contributed by atoms with Crippen molar-refractivity contribution in [1.29, 1.82) is 0 Å².